The molecule has 13 heteroatoms. The van der Waals surface area contributed by atoms with Gasteiger partial charge in [0.2, 0.25) is 0 Å². The first kappa shape index (κ1) is 34.2. The van der Waals surface area contributed by atoms with E-state index in [1.807, 2.05) is 36.4 Å². The largest absolute Gasteiger partial charge is 0.455 e. The number of methoxy groups -OCH3 is 1. The van der Waals surface area contributed by atoms with Gasteiger partial charge in [0.1, 0.15) is 12.2 Å². The van der Waals surface area contributed by atoms with E-state index in [2.05, 4.69) is 45.0 Å². The summed E-state index contributed by atoms with van der Waals surface area (Å²) in [4.78, 5) is 37.4. The van der Waals surface area contributed by atoms with Gasteiger partial charge in [-0.25, -0.2) is 0 Å². The van der Waals surface area contributed by atoms with Gasteiger partial charge < -0.3 is 42.3 Å². The molecule has 0 unspecified atom stereocenters. The van der Waals surface area contributed by atoms with E-state index < -0.39 is 74.9 Å². The molecule has 0 saturated carbocycles. The molecule has 0 bridgehead atoms. The fraction of sp³-hybridized carbons (Fsp3) is 0.545. The van der Waals surface area contributed by atoms with Crippen molar-refractivity contribution in [2.24, 2.45) is 0 Å². The molecule has 1 spiro atoms. The molecular formula is C33H42O12Si. The van der Waals surface area contributed by atoms with E-state index in [0.717, 1.165) is 10.4 Å². The monoisotopic (exact) mass is 658 g/mol. The number of hydrogen-bond acceptors (Lipinski definition) is 12. The fourth-order valence-corrected chi connectivity index (χ4v) is 11.5. The van der Waals surface area contributed by atoms with Gasteiger partial charge in [-0.2, -0.15) is 0 Å². The Morgan fingerprint density at radius 1 is 0.826 bits per heavy atom. The number of rotatable bonds is 9. The standard InChI is InChI=1S/C33H42O12Si/c1-20(34)41-26-27(42-21(2)35)30(37-7)45-33(28(26)43-22(3)36)25(44-31-29(33)38-19-39-31)18-40-46(32(4,5)6,23-14-10-8-11-15-23)24-16-12-9-13-17-24/h8-17,25-31H,18-19H2,1-7H3/t25-,26-,27+,28+,29-,30-,31-,33-/m0/s1. The lowest BCUT2D eigenvalue weighted by Crippen LogP contribution is -2.74. The summed E-state index contributed by atoms with van der Waals surface area (Å²) in [6.07, 6.45) is -8.20. The predicted octanol–water partition coefficient (Wildman–Crippen LogP) is 2.20. The zero-order valence-electron chi connectivity index (χ0n) is 27.1. The average molecular weight is 659 g/mol. The van der Waals surface area contributed by atoms with Gasteiger partial charge in [0.15, 0.2) is 43.3 Å². The summed E-state index contributed by atoms with van der Waals surface area (Å²) in [5.74, 6) is -2.08. The smallest absolute Gasteiger partial charge is 0.303 e. The Morgan fingerprint density at radius 2 is 1.37 bits per heavy atom. The molecule has 3 aliphatic heterocycles. The van der Waals surface area contributed by atoms with Crippen molar-refractivity contribution in [2.45, 2.75) is 95.3 Å². The van der Waals surface area contributed by atoms with Crippen LogP contribution in [0.1, 0.15) is 41.5 Å². The lowest BCUT2D eigenvalue weighted by Gasteiger charge is -2.52. The quantitative estimate of drug-likeness (QED) is 0.222. The molecule has 0 N–H and O–H groups in total. The molecule has 0 radical (unpaired) electrons. The van der Waals surface area contributed by atoms with Gasteiger partial charge in [0, 0.05) is 27.9 Å². The molecule has 12 nitrogen and oxygen atoms in total. The van der Waals surface area contributed by atoms with Gasteiger partial charge >= 0.3 is 17.9 Å². The average Bonchev–Trinajstić information content (AvgIpc) is 3.58. The molecule has 2 aromatic carbocycles. The van der Waals surface area contributed by atoms with Crippen molar-refractivity contribution < 1.29 is 56.7 Å². The topological polar surface area (TPSA) is 134 Å². The van der Waals surface area contributed by atoms with E-state index in [-0.39, 0.29) is 18.4 Å². The first-order valence-electron chi connectivity index (χ1n) is 15.2. The van der Waals surface area contributed by atoms with E-state index in [9.17, 15) is 14.4 Å². The highest BCUT2D eigenvalue weighted by atomic mass is 28.4. The van der Waals surface area contributed by atoms with Gasteiger partial charge in [-0.1, -0.05) is 81.4 Å². The third-order valence-corrected chi connectivity index (χ3v) is 13.6. The van der Waals surface area contributed by atoms with Crippen molar-refractivity contribution in [3.05, 3.63) is 60.7 Å². The second-order valence-corrected chi connectivity index (χ2v) is 16.9. The Balaban J connectivity index is 1.65. The first-order valence-corrected chi connectivity index (χ1v) is 17.1. The Labute approximate surface area is 269 Å². The summed E-state index contributed by atoms with van der Waals surface area (Å²) in [6.45, 7) is 9.86. The summed E-state index contributed by atoms with van der Waals surface area (Å²) >= 11 is 0. The van der Waals surface area contributed by atoms with Crippen molar-refractivity contribution in [2.75, 3.05) is 20.5 Å². The van der Waals surface area contributed by atoms with Crippen LogP contribution in [0.25, 0.3) is 0 Å². The number of carbonyl (C=O) groups excluding carboxylic acids is 3. The molecule has 3 fully saturated rings. The Kier molecular flexibility index (Phi) is 10.0. The molecule has 2 aromatic rings. The summed E-state index contributed by atoms with van der Waals surface area (Å²) in [6, 6.07) is 20.1. The highest BCUT2D eigenvalue weighted by molar-refractivity contribution is 6.99. The minimum atomic E-state index is -3.10. The van der Waals surface area contributed by atoms with Crippen LogP contribution >= 0.6 is 0 Å². The van der Waals surface area contributed by atoms with E-state index >= 15 is 0 Å². The number of ether oxygens (including phenoxy) is 8. The van der Waals surface area contributed by atoms with Gasteiger partial charge in [-0.05, 0) is 15.4 Å². The highest BCUT2D eigenvalue weighted by Crippen LogP contribution is 2.50. The van der Waals surface area contributed by atoms with Crippen molar-refractivity contribution in [1.29, 1.82) is 0 Å². The van der Waals surface area contributed by atoms with Crippen molar-refractivity contribution in [3.63, 3.8) is 0 Å². The summed E-state index contributed by atoms with van der Waals surface area (Å²) in [5, 5.41) is 1.71. The van der Waals surface area contributed by atoms with Crippen molar-refractivity contribution in [1.82, 2.24) is 0 Å². The molecule has 3 heterocycles. The van der Waals surface area contributed by atoms with Crippen LogP contribution in [0.15, 0.2) is 60.7 Å². The van der Waals surface area contributed by atoms with Crippen LogP contribution < -0.4 is 10.4 Å². The number of hydrogen-bond donors (Lipinski definition) is 0. The zero-order chi connectivity index (χ0) is 33.3. The van der Waals surface area contributed by atoms with Gasteiger partial charge in [0.25, 0.3) is 8.32 Å². The second kappa shape index (κ2) is 13.5. The summed E-state index contributed by atoms with van der Waals surface area (Å²) in [5.41, 5.74) is -1.68. The normalized spacial score (nSPS) is 30.9. The zero-order valence-corrected chi connectivity index (χ0v) is 28.1. The SMILES string of the molecule is CO[C@H]1O[C@@]2([C@H](CO[Si](c3ccccc3)(c3ccccc3)C(C)(C)C)O[C@@H]3OCO[C@@H]32)[C@H](OC(C)=O)[C@@H](OC(C)=O)[C@H]1OC(C)=O. The molecule has 46 heavy (non-hydrogen) atoms. The van der Waals surface area contributed by atoms with Crippen molar-refractivity contribution >= 4 is 36.6 Å². The third-order valence-electron chi connectivity index (χ3n) is 8.63. The van der Waals surface area contributed by atoms with Crippen LogP contribution in [0.2, 0.25) is 5.04 Å². The summed E-state index contributed by atoms with van der Waals surface area (Å²) < 4.78 is 55.0. The van der Waals surface area contributed by atoms with Crippen LogP contribution in [-0.4, -0.2) is 95.4 Å². The molecule has 3 saturated heterocycles. The Hall–Kier alpha value is -3.17. The van der Waals surface area contributed by atoms with Crippen LogP contribution in [0.4, 0.5) is 0 Å². The maximum atomic E-state index is 12.7. The van der Waals surface area contributed by atoms with Crippen LogP contribution in [0, 0.1) is 0 Å². The van der Waals surface area contributed by atoms with Gasteiger partial charge in [-0.3, -0.25) is 14.4 Å². The highest BCUT2D eigenvalue weighted by Gasteiger charge is 2.73. The van der Waals surface area contributed by atoms with E-state index in [1.54, 1.807) is 0 Å². The molecule has 8 atom stereocenters. The lowest BCUT2D eigenvalue weighted by molar-refractivity contribution is -0.353. The number of esters is 3. The Bertz CT molecular complexity index is 1340. The minimum Gasteiger partial charge on any atom is -0.455 e. The summed E-state index contributed by atoms with van der Waals surface area (Å²) in [7, 11) is -1.74. The lowest BCUT2D eigenvalue weighted by atomic mass is 9.79. The van der Waals surface area contributed by atoms with Crippen LogP contribution in [0.3, 0.4) is 0 Å². The number of benzene rings is 2. The molecular weight excluding hydrogens is 616 g/mol. The molecule has 0 aromatic heterocycles. The predicted molar refractivity (Wildman–Crippen MR) is 164 cm³/mol. The molecule has 0 amide bonds. The third kappa shape index (κ3) is 6.12. The van der Waals surface area contributed by atoms with E-state index in [1.165, 1.54) is 27.9 Å². The number of carbonyl (C=O) groups is 3. The van der Waals surface area contributed by atoms with E-state index in [0.29, 0.717) is 0 Å². The minimum absolute atomic E-state index is 0.0633. The molecule has 0 aliphatic carbocycles. The van der Waals surface area contributed by atoms with Crippen LogP contribution in [0.5, 0.6) is 0 Å². The maximum absolute atomic E-state index is 12.7. The maximum Gasteiger partial charge on any atom is 0.303 e. The molecule has 5 rings (SSSR count). The first-order chi connectivity index (χ1) is 21.8. The fourth-order valence-electron chi connectivity index (χ4n) is 6.94. The second-order valence-electron chi connectivity index (χ2n) is 12.6. The number of fused-ring (bicyclic) bond motifs is 2. The van der Waals surface area contributed by atoms with Crippen molar-refractivity contribution in [3.8, 4) is 0 Å². The van der Waals surface area contributed by atoms with Gasteiger partial charge in [-0.15, -0.1) is 0 Å². The Morgan fingerprint density at radius 3 is 1.87 bits per heavy atom. The van der Waals surface area contributed by atoms with E-state index in [4.69, 9.17) is 42.3 Å². The van der Waals surface area contributed by atoms with Crippen LogP contribution in [-0.2, 0) is 56.7 Å². The molecule has 3 aliphatic rings. The molecule has 250 valence electrons. The van der Waals surface area contributed by atoms with Gasteiger partial charge in [0.05, 0.1) is 6.61 Å².